The summed E-state index contributed by atoms with van der Waals surface area (Å²) in [5, 5.41) is 40.0. The first-order valence-electron chi connectivity index (χ1n) is 10.5. The van der Waals surface area contributed by atoms with Crippen LogP contribution in [-0.4, -0.2) is 86.2 Å². The van der Waals surface area contributed by atoms with Crippen molar-refractivity contribution < 1.29 is 48.8 Å². The first-order valence-corrected chi connectivity index (χ1v) is 10.5. The highest BCUT2D eigenvalue weighted by atomic mass is 16.7. The molecular weight excluding hydrogens is 448 g/mol. The van der Waals surface area contributed by atoms with Gasteiger partial charge in [0, 0.05) is 11.6 Å². The highest BCUT2D eigenvalue weighted by Gasteiger charge is 2.45. The summed E-state index contributed by atoms with van der Waals surface area (Å²) < 4.78 is 32.8. The van der Waals surface area contributed by atoms with Crippen molar-refractivity contribution in [1.82, 2.24) is 0 Å². The molecule has 34 heavy (non-hydrogen) atoms. The van der Waals surface area contributed by atoms with Crippen LogP contribution in [0.5, 0.6) is 28.7 Å². The molecule has 0 spiro atoms. The average Bonchev–Trinajstić information content (AvgIpc) is 2.87. The quantitative estimate of drug-likeness (QED) is 0.388. The number of aliphatic hydroxyl groups excluding tert-OH is 4. The Morgan fingerprint density at radius 1 is 0.794 bits per heavy atom. The second kappa shape index (κ2) is 11.4. The highest BCUT2D eigenvalue weighted by Crippen LogP contribution is 2.39. The van der Waals surface area contributed by atoms with Crippen LogP contribution in [0, 0.1) is 0 Å². The maximum atomic E-state index is 10.4. The minimum Gasteiger partial charge on any atom is -0.497 e. The second-order valence-corrected chi connectivity index (χ2v) is 7.51. The molecule has 1 heterocycles. The van der Waals surface area contributed by atoms with Gasteiger partial charge in [0.25, 0.3) is 0 Å². The standard InChI is InChI=1S/C24H30O10/c1-29-15-10-14(7-5-13-6-8-16(30-2)17(9-13)31-3)23(18(11-15)32-4)34-24-22(28)21(27)20(26)19(12-25)33-24/h5-11,19-22,24-28H,12H2,1-4H3/b7-5+/t19-,20+,21+,22-,24+/m1/s1. The Kier molecular flexibility index (Phi) is 8.59. The summed E-state index contributed by atoms with van der Waals surface area (Å²) in [5.74, 6) is 2.12. The molecule has 0 unspecified atom stereocenters. The van der Waals surface area contributed by atoms with Crippen molar-refractivity contribution in [2.24, 2.45) is 0 Å². The molecule has 186 valence electrons. The Hall–Kier alpha value is -3.02. The van der Waals surface area contributed by atoms with Crippen LogP contribution < -0.4 is 23.7 Å². The average molecular weight is 478 g/mol. The van der Waals surface area contributed by atoms with E-state index in [4.69, 9.17) is 28.4 Å². The van der Waals surface area contributed by atoms with Gasteiger partial charge < -0.3 is 48.8 Å². The summed E-state index contributed by atoms with van der Waals surface area (Å²) in [6, 6.07) is 8.69. The van der Waals surface area contributed by atoms with Gasteiger partial charge in [0.05, 0.1) is 35.0 Å². The monoisotopic (exact) mass is 478 g/mol. The van der Waals surface area contributed by atoms with Crippen molar-refractivity contribution in [2.75, 3.05) is 35.0 Å². The summed E-state index contributed by atoms with van der Waals surface area (Å²) >= 11 is 0. The first kappa shape index (κ1) is 25.6. The molecule has 2 aromatic carbocycles. The highest BCUT2D eigenvalue weighted by molar-refractivity contribution is 5.76. The van der Waals surface area contributed by atoms with E-state index in [9.17, 15) is 20.4 Å². The van der Waals surface area contributed by atoms with E-state index in [1.54, 1.807) is 50.6 Å². The molecule has 5 atom stereocenters. The van der Waals surface area contributed by atoms with Crippen LogP contribution in [-0.2, 0) is 4.74 Å². The van der Waals surface area contributed by atoms with Crippen LogP contribution in [0.25, 0.3) is 12.2 Å². The molecule has 0 aromatic heterocycles. The summed E-state index contributed by atoms with van der Waals surface area (Å²) in [6.07, 6.45) is -3.60. The van der Waals surface area contributed by atoms with Gasteiger partial charge in [0.15, 0.2) is 23.0 Å². The van der Waals surface area contributed by atoms with Crippen LogP contribution in [0.15, 0.2) is 30.3 Å². The van der Waals surface area contributed by atoms with Crippen molar-refractivity contribution in [3.05, 3.63) is 41.5 Å². The van der Waals surface area contributed by atoms with Crippen LogP contribution in [0.3, 0.4) is 0 Å². The number of benzene rings is 2. The summed E-state index contributed by atoms with van der Waals surface area (Å²) in [7, 11) is 6.05. The van der Waals surface area contributed by atoms with E-state index in [0.29, 0.717) is 22.8 Å². The molecule has 0 saturated carbocycles. The van der Waals surface area contributed by atoms with E-state index in [0.717, 1.165) is 5.56 Å². The van der Waals surface area contributed by atoms with E-state index in [1.807, 2.05) is 6.07 Å². The number of hydrogen-bond acceptors (Lipinski definition) is 10. The SMILES string of the molecule is COc1cc(/C=C/c2ccc(OC)c(OC)c2)c(O[C@@H]2O[C@H](CO)[C@H](O)[C@H](O)[C@H]2O)c(OC)c1. The largest absolute Gasteiger partial charge is 0.497 e. The van der Waals surface area contributed by atoms with Gasteiger partial charge in [-0.2, -0.15) is 0 Å². The van der Waals surface area contributed by atoms with Crippen molar-refractivity contribution in [3.63, 3.8) is 0 Å². The fraction of sp³-hybridized carbons (Fsp3) is 0.417. The van der Waals surface area contributed by atoms with Crippen LogP contribution in [0.4, 0.5) is 0 Å². The Balaban J connectivity index is 1.98. The lowest BCUT2D eigenvalue weighted by molar-refractivity contribution is -0.277. The molecule has 1 aliphatic heterocycles. The third kappa shape index (κ3) is 5.37. The van der Waals surface area contributed by atoms with E-state index in [1.165, 1.54) is 14.2 Å². The molecule has 0 radical (unpaired) electrons. The van der Waals surface area contributed by atoms with Crippen LogP contribution in [0.1, 0.15) is 11.1 Å². The molecule has 1 fully saturated rings. The van der Waals surface area contributed by atoms with Gasteiger partial charge in [0.2, 0.25) is 6.29 Å². The van der Waals surface area contributed by atoms with Gasteiger partial charge in [-0.1, -0.05) is 18.2 Å². The summed E-state index contributed by atoms with van der Waals surface area (Å²) in [5.41, 5.74) is 1.32. The maximum absolute atomic E-state index is 10.4. The number of aliphatic hydroxyl groups is 4. The van der Waals surface area contributed by atoms with Gasteiger partial charge >= 0.3 is 0 Å². The fourth-order valence-electron chi connectivity index (χ4n) is 3.54. The third-order valence-corrected chi connectivity index (χ3v) is 5.46. The zero-order valence-corrected chi connectivity index (χ0v) is 19.4. The van der Waals surface area contributed by atoms with Gasteiger partial charge in [-0.25, -0.2) is 0 Å². The third-order valence-electron chi connectivity index (χ3n) is 5.46. The molecule has 3 rings (SSSR count). The van der Waals surface area contributed by atoms with Gasteiger partial charge in [-0.05, 0) is 23.8 Å². The van der Waals surface area contributed by atoms with Crippen molar-refractivity contribution in [1.29, 1.82) is 0 Å². The predicted octanol–water partition coefficient (Wildman–Crippen LogP) is 1.07. The normalized spacial score (nSPS) is 24.6. The molecule has 2 aromatic rings. The molecule has 10 nitrogen and oxygen atoms in total. The van der Waals surface area contributed by atoms with E-state index in [2.05, 4.69) is 0 Å². The molecular formula is C24H30O10. The molecule has 0 amide bonds. The number of rotatable bonds is 9. The predicted molar refractivity (Wildman–Crippen MR) is 122 cm³/mol. The molecule has 1 aliphatic rings. The molecule has 0 bridgehead atoms. The van der Waals surface area contributed by atoms with E-state index in [-0.39, 0.29) is 11.5 Å². The lowest BCUT2D eigenvalue weighted by atomic mass is 9.99. The van der Waals surface area contributed by atoms with Crippen LogP contribution in [0.2, 0.25) is 0 Å². The minimum atomic E-state index is -1.58. The van der Waals surface area contributed by atoms with Gasteiger partial charge in [-0.15, -0.1) is 0 Å². The summed E-state index contributed by atoms with van der Waals surface area (Å²) in [6.45, 7) is -0.573. The number of hydrogen-bond donors (Lipinski definition) is 4. The molecule has 4 N–H and O–H groups in total. The van der Waals surface area contributed by atoms with Crippen LogP contribution >= 0.6 is 0 Å². The van der Waals surface area contributed by atoms with Crippen molar-refractivity contribution >= 4 is 12.2 Å². The first-order chi connectivity index (χ1) is 16.4. The van der Waals surface area contributed by atoms with E-state index < -0.39 is 37.3 Å². The Morgan fingerprint density at radius 2 is 1.50 bits per heavy atom. The Labute approximate surface area is 197 Å². The molecule has 10 heteroatoms. The minimum absolute atomic E-state index is 0.198. The summed E-state index contributed by atoms with van der Waals surface area (Å²) in [4.78, 5) is 0. The lowest BCUT2D eigenvalue weighted by Gasteiger charge is -2.39. The maximum Gasteiger partial charge on any atom is 0.229 e. The molecule has 1 saturated heterocycles. The molecule has 0 aliphatic carbocycles. The van der Waals surface area contributed by atoms with Crippen molar-refractivity contribution in [2.45, 2.75) is 30.7 Å². The number of methoxy groups -OCH3 is 4. The van der Waals surface area contributed by atoms with Crippen molar-refractivity contribution in [3.8, 4) is 28.7 Å². The fourth-order valence-corrected chi connectivity index (χ4v) is 3.54. The topological polar surface area (TPSA) is 136 Å². The van der Waals surface area contributed by atoms with E-state index >= 15 is 0 Å². The lowest BCUT2D eigenvalue weighted by Crippen LogP contribution is -2.60. The number of ether oxygens (including phenoxy) is 6. The Morgan fingerprint density at radius 3 is 2.12 bits per heavy atom. The smallest absolute Gasteiger partial charge is 0.229 e. The zero-order valence-electron chi connectivity index (χ0n) is 19.4. The van der Waals surface area contributed by atoms with Gasteiger partial charge in [0.1, 0.15) is 30.2 Å². The van der Waals surface area contributed by atoms with Gasteiger partial charge in [-0.3, -0.25) is 0 Å². The zero-order chi connectivity index (χ0) is 24.8. The Bertz CT molecular complexity index is 990. The second-order valence-electron chi connectivity index (χ2n) is 7.51.